The third kappa shape index (κ3) is 3.78. The Hall–Kier alpha value is -2.56. The summed E-state index contributed by atoms with van der Waals surface area (Å²) in [5, 5.41) is 49.8. The maximum Gasteiger partial charge on any atom is 0.335 e. The maximum absolute atomic E-state index is 11.5. The quantitative estimate of drug-likeness (QED) is 0.317. The van der Waals surface area contributed by atoms with Crippen LogP contribution in [0.3, 0.4) is 0 Å². The fraction of sp³-hybridized carbons (Fsp3) is 0.643. The number of rotatable bonds is 5. The highest BCUT2D eigenvalue weighted by molar-refractivity contribution is 5.73. The largest absolute Gasteiger partial charge is 0.479 e. The number of carboxylic acids is 1. The van der Waals surface area contributed by atoms with Crippen LogP contribution in [0.4, 0.5) is 0 Å². The molecule has 3 aliphatic carbocycles. The number of hydrogen-bond donors (Lipinski definition) is 4. The van der Waals surface area contributed by atoms with Gasteiger partial charge in [0, 0.05) is 24.5 Å². The number of carboxylic acid groups (broad SMARTS) is 1. The van der Waals surface area contributed by atoms with E-state index in [1.807, 2.05) is 6.07 Å². The van der Waals surface area contributed by atoms with Gasteiger partial charge in [-0.3, -0.25) is 0 Å². The summed E-state index contributed by atoms with van der Waals surface area (Å²) in [7, 11) is 1.56. The summed E-state index contributed by atoms with van der Waals surface area (Å²) in [4.78, 5) is 23.5. The number of nitriles is 1. The number of methoxy groups -OCH3 is 1. The molecule has 210 valence electrons. The van der Waals surface area contributed by atoms with E-state index in [0.29, 0.717) is 5.56 Å². The summed E-state index contributed by atoms with van der Waals surface area (Å²) in [6.07, 6.45) is -0.505. The van der Waals surface area contributed by atoms with Crippen LogP contribution in [-0.4, -0.2) is 69.8 Å². The molecule has 0 radical (unpaired) electrons. The second-order valence-corrected chi connectivity index (χ2v) is 11.2. The van der Waals surface area contributed by atoms with Crippen molar-refractivity contribution in [3.05, 3.63) is 40.5 Å². The minimum Gasteiger partial charge on any atom is -0.479 e. The number of aliphatic hydroxyl groups excluding tert-OH is 3. The third-order valence-electron chi connectivity index (χ3n) is 9.35. The van der Waals surface area contributed by atoms with Crippen LogP contribution < -0.4 is 4.74 Å². The second-order valence-electron chi connectivity index (χ2n) is 11.2. The number of ether oxygens (including phenoxy) is 3. The summed E-state index contributed by atoms with van der Waals surface area (Å²) < 4.78 is 17.2. The highest BCUT2D eigenvalue weighted by Gasteiger charge is 2.75. The normalized spacial score (nSPS) is 41.4. The van der Waals surface area contributed by atoms with Gasteiger partial charge in [-0.05, 0) is 57.1 Å². The topological polar surface area (TPSA) is 168 Å². The fourth-order valence-corrected chi connectivity index (χ4v) is 7.53. The molecule has 2 aliphatic heterocycles. The number of aliphatic carboxylic acids is 1. The van der Waals surface area contributed by atoms with E-state index in [4.69, 9.17) is 24.0 Å². The average Bonchev–Trinajstić information content (AvgIpc) is 2.93. The molecule has 6 unspecified atom stereocenters. The van der Waals surface area contributed by atoms with Crippen molar-refractivity contribution in [3.8, 4) is 11.8 Å². The number of carbonyl (C=O) groups is 1. The number of aliphatic hydroxyl groups is 3. The van der Waals surface area contributed by atoms with E-state index < -0.39 is 48.1 Å². The van der Waals surface area contributed by atoms with Gasteiger partial charge in [0.1, 0.15) is 30.1 Å². The van der Waals surface area contributed by atoms with Crippen LogP contribution in [0, 0.1) is 23.2 Å². The molecular formula is C28H33NO10. The van der Waals surface area contributed by atoms with E-state index in [2.05, 4.69) is 0 Å². The lowest BCUT2D eigenvalue weighted by Crippen LogP contribution is -2.74. The van der Waals surface area contributed by atoms with Crippen molar-refractivity contribution in [1.82, 2.24) is 0 Å². The molecule has 1 aromatic carbocycles. The van der Waals surface area contributed by atoms with Crippen molar-refractivity contribution in [3.63, 3.8) is 0 Å². The number of hydrogen-bond acceptors (Lipinski definition) is 10. The van der Waals surface area contributed by atoms with Gasteiger partial charge in [-0.25, -0.2) is 9.68 Å². The number of allylic oxidation sites excluding steroid dienone is 1. The molecule has 9 atom stereocenters. The van der Waals surface area contributed by atoms with Gasteiger partial charge >= 0.3 is 5.97 Å². The Balaban J connectivity index is 1.37. The van der Waals surface area contributed by atoms with E-state index in [1.165, 1.54) is 18.1 Å². The molecule has 1 aromatic rings. The molecule has 3 fully saturated rings. The summed E-state index contributed by atoms with van der Waals surface area (Å²) in [6.45, 7) is 0. The molecule has 2 heterocycles. The number of benzene rings is 1. The molecule has 2 saturated heterocycles. The second kappa shape index (κ2) is 9.82. The van der Waals surface area contributed by atoms with E-state index in [1.54, 1.807) is 24.8 Å². The molecule has 0 aromatic heterocycles. The summed E-state index contributed by atoms with van der Waals surface area (Å²) >= 11 is 0. The van der Waals surface area contributed by atoms with Gasteiger partial charge < -0.3 is 34.6 Å². The van der Waals surface area contributed by atoms with Crippen LogP contribution in [0.15, 0.2) is 29.3 Å². The van der Waals surface area contributed by atoms with Gasteiger partial charge in [0.05, 0.1) is 5.56 Å². The number of fused-ring (bicyclic) bond motifs is 1. The molecule has 1 saturated carbocycles. The maximum atomic E-state index is 11.5. The van der Waals surface area contributed by atoms with Crippen LogP contribution in [0.1, 0.15) is 62.5 Å². The lowest BCUT2D eigenvalue weighted by Gasteiger charge is -2.65. The predicted molar refractivity (Wildman–Crippen MR) is 131 cm³/mol. The molecule has 6 rings (SSSR count). The van der Waals surface area contributed by atoms with E-state index in [0.717, 1.165) is 44.9 Å². The molecule has 4 N–H and O–H groups in total. The first-order chi connectivity index (χ1) is 18.8. The van der Waals surface area contributed by atoms with E-state index in [9.17, 15) is 30.5 Å². The van der Waals surface area contributed by atoms with Crippen LogP contribution in [0.5, 0.6) is 5.75 Å². The van der Waals surface area contributed by atoms with Gasteiger partial charge in [0.15, 0.2) is 11.7 Å². The zero-order chi connectivity index (χ0) is 27.5. The highest BCUT2D eigenvalue weighted by Crippen LogP contribution is 2.66. The standard InChI is InChI=1S/C28H33NO10/c1-35-28(27(38-39-28)16-6-4-8-19(27)18-7-3-2-5-14(18)11-16)17-10-9-15(13-29)20(12-17)36-26-23(32)21(30)22(31)24(37-26)25(33)34/h9-10,12,16,19,21-24,26,30-32H,2-8,11H2,1H3,(H,33,34)/t16?,19?,21?,22-,23-,24?,26+,27?,28?/m0/s1. The van der Waals surface area contributed by atoms with E-state index in [-0.39, 0.29) is 23.1 Å². The Morgan fingerprint density at radius 3 is 2.56 bits per heavy atom. The van der Waals surface area contributed by atoms with Gasteiger partial charge in [0.2, 0.25) is 6.29 Å². The SMILES string of the molecule is COC1(c2ccc(C#N)c(O[C@@H]3OC(C(=O)O)[C@@H](O)C(O)[C@@H]3O)c2)OOC12C1CCCC2C2=C(CCCC2)C1. The third-order valence-corrected chi connectivity index (χ3v) is 9.35. The predicted octanol–water partition coefficient (Wildman–Crippen LogP) is 2.02. The first-order valence-electron chi connectivity index (χ1n) is 13.5. The molecule has 1 spiro atoms. The van der Waals surface area contributed by atoms with Crippen LogP contribution in [0.2, 0.25) is 0 Å². The smallest absolute Gasteiger partial charge is 0.335 e. The summed E-state index contributed by atoms with van der Waals surface area (Å²) in [5.41, 5.74) is 2.88. The summed E-state index contributed by atoms with van der Waals surface area (Å²) in [6, 6.07) is 6.82. The van der Waals surface area contributed by atoms with Crippen molar-refractivity contribution in [2.45, 2.75) is 93.5 Å². The Kier molecular flexibility index (Phi) is 6.71. The average molecular weight is 544 g/mol. The fourth-order valence-electron chi connectivity index (χ4n) is 7.53. The molecule has 11 heteroatoms. The molecule has 2 bridgehead atoms. The monoisotopic (exact) mass is 543 g/mol. The minimum absolute atomic E-state index is 0.0209. The van der Waals surface area contributed by atoms with Crippen molar-refractivity contribution in [1.29, 1.82) is 5.26 Å². The molecule has 39 heavy (non-hydrogen) atoms. The Morgan fingerprint density at radius 1 is 1.08 bits per heavy atom. The van der Waals surface area contributed by atoms with Crippen LogP contribution in [0.25, 0.3) is 0 Å². The molecule has 0 amide bonds. The van der Waals surface area contributed by atoms with Crippen molar-refractivity contribution >= 4 is 5.97 Å². The minimum atomic E-state index is -1.86. The first kappa shape index (κ1) is 26.7. The Bertz CT molecular complexity index is 1220. The zero-order valence-corrected chi connectivity index (χ0v) is 21.6. The van der Waals surface area contributed by atoms with Gasteiger partial charge in [-0.15, -0.1) is 0 Å². The first-order valence-corrected chi connectivity index (χ1v) is 13.5. The van der Waals surface area contributed by atoms with Crippen molar-refractivity contribution in [2.75, 3.05) is 7.11 Å². The molecule has 11 nitrogen and oxygen atoms in total. The number of nitrogens with zero attached hydrogens (tertiary/aromatic N) is 1. The lowest BCUT2D eigenvalue weighted by molar-refractivity contribution is -0.639. The van der Waals surface area contributed by atoms with Gasteiger partial charge in [-0.2, -0.15) is 10.1 Å². The highest BCUT2D eigenvalue weighted by atomic mass is 17.3. The van der Waals surface area contributed by atoms with Gasteiger partial charge in [-0.1, -0.05) is 23.6 Å². The van der Waals surface area contributed by atoms with Crippen molar-refractivity contribution < 1.29 is 49.2 Å². The van der Waals surface area contributed by atoms with Gasteiger partial charge in [0.25, 0.3) is 5.79 Å². The molecular weight excluding hydrogens is 510 g/mol. The lowest BCUT2D eigenvalue weighted by atomic mass is 9.53. The Morgan fingerprint density at radius 2 is 1.87 bits per heavy atom. The van der Waals surface area contributed by atoms with E-state index >= 15 is 0 Å². The van der Waals surface area contributed by atoms with Crippen molar-refractivity contribution in [2.24, 2.45) is 11.8 Å². The van der Waals surface area contributed by atoms with Crippen LogP contribution >= 0.6 is 0 Å². The zero-order valence-electron chi connectivity index (χ0n) is 21.6. The Labute approximate surface area is 225 Å². The summed E-state index contributed by atoms with van der Waals surface area (Å²) in [5.74, 6) is -2.52. The molecule has 5 aliphatic rings. The van der Waals surface area contributed by atoms with Crippen LogP contribution in [-0.2, 0) is 29.8 Å².